The van der Waals surface area contributed by atoms with Crippen LogP contribution in [0, 0.1) is 0 Å². The van der Waals surface area contributed by atoms with E-state index in [0.717, 1.165) is 6.42 Å². The molecule has 2 heterocycles. The van der Waals surface area contributed by atoms with Crippen molar-refractivity contribution >= 4 is 32.1 Å². The first-order valence-electron chi connectivity index (χ1n) is 6.68. The van der Waals surface area contributed by atoms with Crippen LogP contribution in [0.1, 0.15) is 12.8 Å². The zero-order valence-corrected chi connectivity index (χ0v) is 12.1. The average molecular weight is 308 g/mol. The number of rotatable bonds is 2. The van der Waals surface area contributed by atoms with Gasteiger partial charge in [0.05, 0.1) is 40.1 Å². The van der Waals surface area contributed by atoms with E-state index in [2.05, 4.69) is 15.3 Å². The lowest BCUT2D eigenvalue weighted by Crippen LogP contribution is -2.35. The number of fused-ring (bicyclic) bond motifs is 1. The standard InChI is InChI=1S/C13H16N4O3S/c14-10-4-9-11(15-7-16-13(9)18)5-12(10)17-8-2-1-3-21(19,20)6-8/h4-5,7-8,17H,1-3,6,14H2,(H,15,16,18). The molecule has 0 aliphatic carbocycles. The average Bonchev–Trinajstić information content (AvgIpc) is 2.40. The van der Waals surface area contributed by atoms with Crippen molar-refractivity contribution in [1.29, 1.82) is 0 Å². The van der Waals surface area contributed by atoms with Crippen LogP contribution in [-0.2, 0) is 9.84 Å². The second-order valence-corrected chi connectivity index (χ2v) is 7.51. The normalized spacial score (nSPS) is 21.2. The molecule has 3 rings (SSSR count). The highest BCUT2D eigenvalue weighted by Gasteiger charge is 2.25. The van der Waals surface area contributed by atoms with E-state index >= 15 is 0 Å². The second-order valence-electron chi connectivity index (χ2n) is 5.29. The predicted molar refractivity (Wildman–Crippen MR) is 82.1 cm³/mol. The van der Waals surface area contributed by atoms with Gasteiger partial charge in [0.2, 0.25) is 0 Å². The Balaban J connectivity index is 1.94. The SMILES string of the molecule is Nc1cc2c(=O)[nH]cnc2cc1NC1CCCS(=O)(=O)C1. The molecule has 1 aliphatic rings. The number of nitrogens with zero attached hydrogens (tertiary/aromatic N) is 1. The van der Waals surface area contributed by atoms with Crippen molar-refractivity contribution in [2.24, 2.45) is 0 Å². The number of hydrogen-bond donors (Lipinski definition) is 3. The van der Waals surface area contributed by atoms with Crippen molar-refractivity contribution in [3.05, 3.63) is 28.8 Å². The third kappa shape index (κ3) is 2.85. The van der Waals surface area contributed by atoms with Gasteiger partial charge < -0.3 is 16.0 Å². The molecule has 1 unspecified atom stereocenters. The first kappa shape index (κ1) is 13.9. The molecular formula is C13H16N4O3S. The molecule has 21 heavy (non-hydrogen) atoms. The minimum Gasteiger partial charge on any atom is -0.397 e. The number of nitrogens with two attached hydrogens (primary N) is 1. The van der Waals surface area contributed by atoms with Crippen molar-refractivity contribution in [1.82, 2.24) is 9.97 Å². The fraction of sp³-hybridized carbons (Fsp3) is 0.385. The molecule has 1 aromatic heterocycles. The van der Waals surface area contributed by atoms with Crippen LogP contribution >= 0.6 is 0 Å². The lowest BCUT2D eigenvalue weighted by atomic mass is 10.1. The maximum absolute atomic E-state index is 11.7. The third-order valence-electron chi connectivity index (χ3n) is 3.63. The molecule has 0 saturated carbocycles. The van der Waals surface area contributed by atoms with Crippen LogP contribution in [-0.4, -0.2) is 35.9 Å². The maximum atomic E-state index is 11.7. The number of hydrogen-bond acceptors (Lipinski definition) is 6. The Kier molecular flexibility index (Phi) is 3.32. The van der Waals surface area contributed by atoms with Gasteiger partial charge in [-0.25, -0.2) is 13.4 Å². The molecular weight excluding hydrogens is 292 g/mol. The van der Waals surface area contributed by atoms with Crippen LogP contribution in [0.5, 0.6) is 0 Å². The maximum Gasteiger partial charge on any atom is 0.258 e. The van der Waals surface area contributed by atoms with Crippen LogP contribution in [0.2, 0.25) is 0 Å². The van der Waals surface area contributed by atoms with Gasteiger partial charge in [-0.3, -0.25) is 4.79 Å². The molecule has 0 spiro atoms. The van der Waals surface area contributed by atoms with Crippen LogP contribution in [0.25, 0.3) is 10.9 Å². The molecule has 1 aromatic carbocycles. The zero-order valence-electron chi connectivity index (χ0n) is 11.3. The number of sulfone groups is 1. The van der Waals surface area contributed by atoms with E-state index in [1.165, 1.54) is 6.33 Å². The van der Waals surface area contributed by atoms with Crippen molar-refractivity contribution in [2.75, 3.05) is 22.6 Å². The van der Waals surface area contributed by atoms with Gasteiger partial charge in [0.15, 0.2) is 9.84 Å². The lowest BCUT2D eigenvalue weighted by Gasteiger charge is -2.24. The summed E-state index contributed by atoms with van der Waals surface area (Å²) in [5.41, 5.74) is 7.24. The fourth-order valence-electron chi connectivity index (χ4n) is 2.61. The molecule has 1 fully saturated rings. The highest BCUT2D eigenvalue weighted by molar-refractivity contribution is 7.91. The zero-order chi connectivity index (χ0) is 15.0. The van der Waals surface area contributed by atoms with E-state index in [-0.39, 0.29) is 23.1 Å². The quantitative estimate of drug-likeness (QED) is 0.695. The highest BCUT2D eigenvalue weighted by Crippen LogP contribution is 2.25. The van der Waals surface area contributed by atoms with Crippen molar-refractivity contribution in [3.8, 4) is 0 Å². The lowest BCUT2D eigenvalue weighted by molar-refractivity contribution is 0.562. The van der Waals surface area contributed by atoms with Gasteiger partial charge in [0.25, 0.3) is 5.56 Å². The largest absolute Gasteiger partial charge is 0.397 e. The summed E-state index contributed by atoms with van der Waals surface area (Å²) in [6.45, 7) is 0. The van der Waals surface area contributed by atoms with Gasteiger partial charge in [-0.2, -0.15) is 0 Å². The van der Waals surface area contributed by atoms with E-state index in [9.17, 15) is 13.2 Å². The third-order valence-corrected chi connectivity index (χ3v) is 5.46. The molecule has 2 aromatic rings. The van der Waals surface area contributed by atoms with E-state index in [1.807, 2.05) is 0 Å². The Morgan fingerprint density at radius 1 is 1.38 bits per heavy atom. The monoisotopic (exact) mass is 308 g/mol. The van der Waals surface area contributed by atoms with Crippen molar-refractivity contribution < 1.29 is 8.42 Å². The summed E-state index contributed by atoms with van der Waals surface area (Å²) in [7, 11) is -2.99. The van der Waals surface area contributed by atoms with Crippen LogP contribution < -0.4 is 16.6 Å². The van der Waals surface area contributed by atoms with E-state index < -0.39 is 9.84 Å². The van der Waals surface area contributed by atoms with Crippen molar-refractivity contribution in [2.45, 2.75) is 18.9 Å². The Hall–Kier alpha value is -2.09. The number of aromatic nitrogens is 2. The summed E-state index contributed by atoms with van der Waals surface area (Å²) in [6, 6.07) is 3.08. The number of nitrogens with one attached hydrogen (secondary N) is 2. The van der Waals surface area contributed by atoms with Crippen LogP contribution in [0.15, 0.2) is 23.3 Å². The molecule has 1 saturated heterocycles. The minimum absolute atomic E-state index is 0.104. The summed E-state index contributed by atoms with van der Waals surface area (Å²) in [5, 5.41) is 3.57. The van der Waals surface area contributed by atoms with Gasteiger partial charge in [-0.05, 0) is 25.0 Å². The topological polar surface area (TPSA) is 118 Å². The molecule has 1 atom stereocenters. The van der Waals surface area contributed by atoms with Gasteiger partial charge in [0.1, 0.15) is 0 Å². The van der Waals surface area contributed by atoms with Crippen LogP contribution in [0.3, 0.4) is 0 Å². The molecule has 8 heteroatoms. The predicted octanol–water partition coefficient (Wildman–Crippen LogP) is 0.494. The van der Waals surface area contributed by atoms with Gasteiger partial charge in [-0.15, -0.1) is 0 Å². The van der Waals surface area contributed by atoms with Gasteiger partial charge in [-0.1, -0.05) is 0 Å². The van der Waals surface area contributed by atoms with Crippen molar-refractivity contribution in [3.63, 3.8) is 0 Å². The first-order valence-corrected chi connectivity index (χ1v) is 8.51. The van der Waals surface area contributed by atoms with E-state index in [0.29, 0.717) is 28.7 Å². The molecule has 7 nitrogen and oxygen atoms in total. The summed E-state index contributed by atoms with van der Waals surface area (Å²) >= 11 is 0. The number of nitrogen functional groups attached to an aromatic ring is 1. The smallest absolute Gasteiger partial charge is 0.258 e. The molecule has 0 bridgehead atoms. The van der Waals surface area contributed by atoms with E-state index in [1.54, 1.807) is 12.1 Å². The number of aromatic amines is 1. The molecule has 0 amide bonds. The Bertz CT molecular complexity index is 844. The molecule has 0 radical (unpaired) electrons. The summed E-state index contributed by atoms with van der Waals surface area (Å²) < 4.78 is 23.3. The summed E-state index contributed by atoms with van der Waals surface area (Å²) in [6.07, 6.45) is 2.75. The second kappa shape index (κ2) is 5.03. The first-order chi connectivity index (χ1) is 9.94. The summed E-state index contributed by atoms with van der Waals surface area (Å²) in [5.74, 6) is 0.350. The highest BCUT2D eigenvalue weighted by atomic mass is 32.2. The number of anilines is 2. The van der Waals surface area contributed by atoms with Gasteiger partial charge >= 0.3 is 0 Å². The Labute approximate surface area is 121 Å². The van der Waals surface area contributed by atoms with Gasteiger partial charge in [0, 0.05) is 6.04 Å². The number of benzene rings is 1. The molecule has 112 valence electrons. The Morgan fingerprint density at radius 2 is 2.19 bits per heavy atom. The minimum atomic E-state index is -2.99. The fourth-order valence-corrected chi connectivity index (χ4v) is 4.25. The number of H-pyrrole nitrogens is 1. The van der Waals surface area contributed by atoms with E-state index in [4.69, 9.17) is 5.73 Å². The summed E-state index contributed by atoms with van der Waals surface area (Å²) in [4.78, 5) is 18.3. The molecule has 4 N–H and O–H groups in total. The Morgan fingerprint density at radius 3 is 2.95 bits per heavy atom. The molecule has 1 aliphatic heterocycles. The van der Waals surface area contributed by atoms with Crippen LogP contribution in [0.4, 0.5) is 11.4 Å².